The Kier molecular flexibility index (Phi) is 5.09. The minimum Gasteiger partial charge on any atom is -0.355 e. The molecule has 0 radical (unpaired) electrons. The maximum absolute atomic E-state index is 12.8. The van der Waals surface area contributed by atoms with Crippen molar-refractivity contribution in [3.8, 4) is 0 Å². The van der Waals surface area contributed by atoms with Crippen LogP contribution in [0.25, 0.3) is 5.65 Å². The van der Waals surface area contributed by atoms with Gasteiger partial charge in [-0.1, -0.05) is 6.92 Å². The number of piperazine rings is 1. The molecule has 1 saturated heterocycles. The van der Waals surface area contributed by atoms with Crippen LogP contribution in [0.5, 0.6) is 0 Å². The number of nitrogens with one attached hydrogen (secondary N) is 2. The topological polar surface area (TPSA) is 108 Å². The zero-order chi connectivity index (χ0) is 22.4. The molecule has 3 aromatic rings. The molecule has 2 aliphatic rings. The van der Waals surface area contributed by atoms with E-state index < -0.39 is 0 Å². The van der Waals surface area contributed by atoms with Gasteiger partial charge in [-0.05, 0) is 25.0 Å². The van der Waals surface area contributed by atoms with Crippen LogP contribution >= 0.6 is 0 Å². The van der Waals surface area contributed by atoms with Gasteiger partial charge < -0.3 is 15.2 Å². The number of hydrogen-bond acceptors (Lipinski definition) is 6. The van der Waals surface area contributed by atoms with E-state index in [9.17, 15) is 14.4 Å². The predicted molar refractivity (Wildman–Crippen MR) is 120 cm³/mol. The lowest BCUT2D eigenvalue weighted by Gasteiger charge is -2.46. The molecule has 1 atom stereocenters. The third kappa shape index (κ3) is 3.31. The molecule has 1 fully saturated rings. The smallest absolute Gasteiger partial charge is 0.264 e. The van der Waals surface area contributed by atoms with Gasteiger partial charge in [-0.25, -0.2) is 4.52 Å². The molecule has 0 bridgehead atoms. The number of rotatable bonds is 4. The highest BCUT2D eigenvalue weighted by Crippen LogP contribution is 2.27. The molecule has 5 heterocycles. The number of aryl methyl sites for hydroxylation is 1. The van der Waals surface area contributed by atoms with E-state index in [0.29, 0.717) is 25.6 Å². The highest BCUT2D eigenvalue weighted by molar-refractivity contribution is 5.93. The Labute approximate surface area is 184 Å². The summed E-state index contributed by atoms with van der Waals surface area (Å²) >= 11 is 0. The first-order valence-electron chi connectivity index (χ1n) is 11.0. The van der Waals surface area contributed by atoms with Crippen molar-refractivity contribution < 1.29 is 4.79 Å². The largest absolute Gasteiger partial charge is 0.355 e. The molecular weight excluding hydrogens is 410 g/mol. The lowest BCUT2D eigenvalue weighted by atomic mass is 10.0. The van der Waals surface area contributed by atoms with Crippen molar-refractivity contribution in [1.29, 1.82) is 0 Å². The average molecular weight is 438 g/mol. The van der Waals surface area contributed by atoms with E-state index in [0.717, 1.165) is 48.6 Å². The lowest BCUT2D eigenvalue weighted by Crippen LogP contribution is -2.56. The quantitative estimate of drug-likeness (QED) is 0.604. The van der Waals surface area contributed by atoms with Crippen molar-refractivity contribution in [3.63, 3.8) is 0 Å². The zero-order valence-electron chi connectivity index (χ0n) is 18.3. The van der Waals surface area contributed by atoms with Crippen molar-refractivity contribution in [1.82, 2.24) is 29.4 Å². The minimum atomic E-state index is -0.352. The molecule has 10 nitrogen and oxygen atoms in total. The normalized spacial score (nSPS) is 18.4. The molecule has 10 heteroatoms. The van der Waals surface area contributed by atoms with E-state index in [1.807, 2.05) is 19.2 Å². The fourth-order valence-corrected chi connectivity index (χ4v) is 4.87. The van der Waals surface area contributed by atoms with E-state index in [2.05, 4.69) is 25.2 Å². The first-order chi connectivity index (χ1) is 15.5. The summed E-state index contributed by atoms with van der Waals surface area (Å²) in [6.07, 6.45) is 5.14. The number of anilines is 1. The first kappa shape index (κ1) is 20.5. The van der Waals surface area contributed by atoms with Crippen LogP contribution in [-0.2, 0) is 19.5 Å². The SMILES string of the molecule is CCc1cn2ncc(CN3CCN4c5ccc(C(=O)NC)c(=O)n5CCC4C3)c2[nH]c1=O. The third-order valence-electron chi connectivity index (χ3n) is 6.62. The van der Waals surface area contributed by atoms with Gasteiger partial charge in [0.15, 0.2) is 0 Å². The van der Waals surface area contributed by atoms with Crippen molar-refractivity contribution in [2.75, 3.05) is 31.6 Å². The highest BCUT2D eigenvalue weighted by Gasteiger charge is 2.33. The summed E-state index contributed by atoms with van der Waals surface area (Å²) in [6.45, 7) is 5.74. The predicted octanol–water partition coefficient (Wildman–Crippen LogP) is 0.201. The monoisotopic (exact) mass is 437 g/mol. The molecule has 0 spiro atoms. The van der Waals surface area contributed by atoms with Crippen molar-refractivity contribution >= 4 is 17.4 Å². The Morgan fingerprint density at radius 3 is 2.84 bits per heavy atom. The van der Waals surface area contributed by atoms with Crippen LogP contribution in [-0.4, -0.2) is 62.7 Å². The molecule has 5 rings (SSSR count). The number of carbonyl (C=O) groups is 1. The second-order valence-electron chi connectivity index (χ2n) is 8.44. The van der Waals surface area contributed by atoms with Crippen LogP contribution in [0, 0.1) is 0 Å². The summed E-state index contributed by atoms with van der Waals surface area (Å²) in [5.41, 5.74) is 2.36. The maximum Gasteiger partial charge on any atom is 0.264 e. The lowest BCUT2D eigenvalue weighted by molar-refractivity contribution is 0.0960. The Balaban J connectivity index is 1.35. The minimum absolute atomic E-state index is 0.0583. The summed E-state index contributed by atoms with van der Waals surface area (Å²) in [5, 5.41) is 6.96. The van der Waals surface area contributed by atoms with Crippen LogP contribution < -0.4 is 21.3 Å². The van der Waals surface area contributed by atoms with Crippen molar-refractivity contribution in [3.05, 3.63) is 61.9 Å². The number of nitrogens with zero attached hydrogens (tertiary/aromatic N) is 5. The summed E-state index contributed by atoms with van der Waals surface area (Å²) in [5.74, 6) is 0.528. The highest BCUT2D eigenvalue weighted by atomic mass is 16.2. The van der Waals surface area contributed by atoms with Gasteiger partial charge in [0.1, 0.15) is 17.0 Å². The van der Waals surface area contributed by atoms with Crippen LogP contribution in [0.4, 0.5) is 5.82 Å². The van der Waals surface area contributed by atoms with Gasteiger partial charge in [-0.2, -0.15) is 5.10 Å². The fraction of sp³-hybridized carbons (Fsp3) is 0.455. The third-order valence-corrected chi connectivity index (χ3v) is 6.62. The molecule has 2 aliphatic heterocycles. The van der Waals surface area contributed by atoms with Gasteiger partial charge in [0.2, 0.25) is 0 Å². The van der Waals surface area contributed by atoms with Crippen LogP contribution in [0.3, 0.4) is 0 Å². The summed E-state index contributed by atoms with van der Waals surface area (Å²) in [4.78, 5) is 44.6. The maximum atomic E-state index is 12.8. The van der Waals surface area contributed by atoms with Crippen molar-refractivity contribution in [2.24, 2.45) is 0 Å². The fourth-order valence-electron chi connectivity index (χ4n) is 4.87. The standard InChI is InChI=1S/C22H27N7O3/c1-3-14-12-29-19(25-20(14)30)15(10-24-29)11-26-8-9-27-16(13-26)6-7-28-18(27)5-4-17(22(28)32)21(31)23-2/h4-5,10,12,16H,3,6-9,11,13H2,1-2H3,(H,23,31)(H,25,30). The number of carbonyl (C=O) groups excluding carboxylic acids is 1. The number of amides is 1. The average Bonchev–Trinajstić information content (AvgIpc) is 3.19. The van der Waals surface area contributed by atoms with E-state index in [1.54, 1.807) is 21.3 Å². The second kappa shape index (κ2) is 7.94. The summed E-state index contributed by atoms with van der Waals surface area (Å²) in [7, 11) is 1.53. The molecule has 2 N–H and O–H groups in total. The van der Waals surface area contributed by atoms with E-state index >= 15 is 0 Å². The van der Waals surface area contributed by atoms with Crippen LogP contribution in [0.2, 0.25) is 0 Å². The molecule has 0 saturated carbocycles. The summed E-state index contributed by atoms with van der Waals surface area (Å²) in [6, 6.07) is 3.80. The van der Waals surface area contributed by atoms with E-state index in [-0.39, 0.29) is 22.6 Å². The number of aromatic amines is 1. The molecule has 3 aromatic heterocycles. The van der Waals surface area contributed by atoms with Crippen LogP contribution in [0.15, 0.2) is 34.1 Å². The molecule has 32 heavy (non-hydrogen) atoms. The van der Waals surface area contributed by atoms with Gasteiger partial charge in [0.05, 0.1) is 6.20 Å². The van der Waals surface area contributed by atoms with Gasteiger partial charge in [0.25, 0.3) is 17.0 Å². The number of aromatic nitrogens is 4. The van der Waals surface area contributed by atoms with Crippen molar-refractivity contribution in [2.45, 2.75) is 38.9 Å². The molecule has 0 aromatic carbocycles. The Bertz CT molecular complexity index is 1310. The molecule has 1 amide bonds. The second-order valence-corrected chi connectivity index (χ2v) is 8.44. The van der Waals surface area contributed by atoms with E-state index in [1.165, 1.54) is 7.05 Å². The van der Waals surface area contributed by atoms with Gasteiger partial charge >= 0.3 is 0 Å². The number of fused-ring (bicyclic) bond motifs is 4. The molecular formula is C22H27N7O3. The van der Waals surface area contributed by atoms with Gasteiger partial charge in [-0.15, -0.1) is 0 Å². The number of hydrogen-bond donors (Lipinski definition) is 2. The Hall–Kier alpha value is -3.40. The van der Waals surface area contributed by atoms with Crippen LogP contribution in [0.1, 0.15) is 34.8 Å². The van der Waals surface area contributed by atoms with Gasteiger partial charge in [0, 0.05) is 63.1 Å². The molecule has 0 aliphatic carbocycles. The number of pyridine rings is 1. The zero-order valence-corrected chi connectivity index (χ0v) is 18.3. The summed E-state index contributed by atoms with van der Waals surface area (Å²) < 4.78 is 3.47. The first-order valence-corrected chi connectivity index (χ1v) is 11.0. The van der Waals surface area contributed by atoms with E-state index in [4.69, 9.17) is 0 Å². The number of H-pyrrole nitrogens is 1. The Morgan fingerprint density at radius 1 is 1.22 bits per heavy atom. The Morgan fingerprint density at radius 2 is 2.06 bits per heavy atom. The molecule has 1 unspecified atom stereocenters. The molecule has 168 valence electrons. The van der Waals surface area contributed by atoms with Gasteiger partial charge in [-0.3, -0.25) is 23.9 Å².